The van der Waals surface area contributed by atoms with E-state index in [1.54, 1.807) is 24.1 Å². The first-order valence-corrected chi connectivity index (χ1v) is 8.28. The van der Waals surface area contributed by atoms with Gasteiger partial charge in [-0.1, -0.05) is 0 Å². The van der Waals surface area contributed by atoms with Gasteiger partial charge in [-0.05, 0) is 44.9 Å². The number of carbonyl (C=O) groups excluding carboxylic acids is 2. The number of ether oxygens (including phenoxy) is 1. The predicted molar refractivity (Wildman–Crippen MR) is 92.3 cm³/mol. The summed E-state index contributed by atoms with van der Waals surface area (Å²) in [5.74, 6) is 0.649. The van der Waals surface area contributed by atoms with Gasteiger partial charge in [0, 0.05) is 25.6 Å². The molecule has 0 N–H and O–H groups in total. The lowest BCUT2D eigenvalue weighted by atomic mass is 9.89. The van der Waals surface area contributed by atoms with Crippen molar-refractivity contribution in [3.05, 3.63) is 34.5 Å². The van der Waals surface area contributed by atoms with Crippen LogP contribution in [0.1, 0.15) is 43.4 Å². The molecule has 0 saturated carbocycles. The van der Waals surface area contributed by atoms with Crippen LogP contribution >= 0.6 is 0 Å². The van der Waals surface area contributed by atoms with E-state index in [9.17, 15) is 14.9 Å². The molecular weight excluding hydrogens is 318 g/mol. The van der Waals surface area contributed by atoms with Gasteiger partial charge in [0.1, 0.15) is 11.4 Å². The van der Waals surface area contributed by atoms with Gasteiger partial charge in [-0.25, -0.2) is 0 Å². The Morgan fingerprint density at radius 2 is 2.12 bits per heavy atom. The summed E-state index contributed by atoms with van der Waals surface area (Å²) in [6.07, 6.45) is 1.97. The van der Waals surface area contributed by atoms with Crippen LogP contribution < -0.4 is 4.74 Å². The Hall–Kier alpha value is -2.81. The van der Waals surface area contributed by atoms with Crippen LogP contribution in [-0.2, 0) is 9.59 Å². The maximum atomic E-state index is 12.5. The van der Waals surface area contributed by atoms with E-state index in [0.717, 1.165) is 24.0 Å². The Morgan fingerprint density at radius 1 is 1.40 bits per heavy atom. The van der Waals surface area contributed by atoms with Crippen molar-refractivity contribution in [3.63, 3.8) is 0 Å². The highest BCUT2D eigenvalue weighted by Crippen LogP contribution is 2.46. The molecule has 1 saturated heterocycles. The van der Waals surface area contributed by atoms with Crippen LogP contribution in [0.4, 0.5) is 0 Å². The van der Waals surface area contributed by atoms with Crippen LogP contribution in [0.2, 0.25) is 0 Å². The number of hydrogen-bond donors (Lipinski definition) is 0. The lowest BCUT2D eigenvalue weighted by Crippen LogP contribution is -2.45. The third-order valence-electron chi connectivity index (χ3n) is 4.80. The average molecular weight is 339 g/mol. The molecule has 0 radical (unpaired) electrons. The summed E-state index contributed by atoms with van der Waals surface area (Å²) in [6, 6.07) is 5.67. The van der Waals surface area contributed by atoms with Crippen molar-refractivity contribution in [1.29, 1.82) is 5.26 Å². The zero-order valence-electron chi connectivity index (χ0n) is 14.9. The van der Waals surface area contributed by atoms with Gasteiger partial charge in [0.05, 0.1) is 23.0 Å². The molecule has 25 heavy (non-hydrogen) atoms. The van der Waals surface area contributed by atoms with Gasteiger partial charge in [-0.15, -0.1) is 0 Å². The lowest BCUT2D eigenvalue weighted by Gasteiger charge is -2.42. The second-order valence-corrected chi connectivity index (χ2v) is 6.90. The van der Waals surface area contributed by atoms with Crippen molar-refractivity contribution in [2.24, 2.45) is 0 Å². The van der Waals surface area contributed by atoms with Crippen molar-refractivity contribution in [1.82, 2.24) is 9.80 Å². The van der Waals surface area contributed by atoms with E-state index in [0.29, 0.717) is 35.7 Å². The van der Waals surface area contributed by atoms with Crippen molar-refractivity contribution >= 4 is 18.0 Å². The fourth-order valence-corrected chi connectivity index (χ4v) is 3.71. The molecule has 1 aromatic carbocycles. The van der Waals surface area contributed by atoms with Gasteiger partial charge in [-0.3, -0.25) is 9.59 Å². The lowest BCUT2D eigenvalue weighted by molar-refractivity contribution is -0.125. The Bertz CT molecular complexity index is 833. The molecule has 2 aliphatic rings. The first kappa shape index (κ1) is 17.0. The Morgan fingerprint density at radius 3 is 2.68 bits per heavy atom. The Kier molecular flexibility index (Phi) is 4.03. The number of nitrogens with zero attached hydrogens (tertiary/aromatic N) is 3. The molecule has 0 spiro atoms. The molecule has 6 heteroatoms. The highest BCUT2D eigenvalue weighted by molar-refractivity contribution is 5.93. The molecule has 0 bridgehead atoms. The number of rotatable bonds is 3. The van der Waals surface area contributed by atoms with E-state index in [1.807, 2.05) is 20.8 Å². The minimum atomic E-state index is -0.790. The van der Waals surface area contributed by atoms with Gasteiger partial charge >= 0.3 is 0 Å². The number of fused-ring (bicyclic) bond motifs is 1. The third-order valence-corrected chi connectivity index (χ3v) is 4.80. The summed E-state index contributed by atoms with van der Waals surface area (Å²) in [5.41, 5.74) is 2.52. The van der Waals surface area contributed by atoms with Crippen LogP contribution in [0, 0.1) is 18.3 Å². The Balaban J connectivity index is 2.39. The second kappa shape index (κ2) is 5.92. The number of likely N-dealkylation sites (N-methyl/N-ethyl adjacent to an activating group) is 1. The van der Waals surface area contributed by atoms with Crippen molar-refractivity contribution in [2.45, 2.75) is 39.2 Å². The molecule has 0 aliphatic carbocycles. The molecule has 2 heterocycles. The highest BCUT2D eigenvalue weighted by Gasteiger charge is 2.42. The molecule has 2 amide bonds. The average Bonchev–Trinajstić information content (AvgIpc) is 2.98. The van der Waals surface area contributed by atoms with Gasteiger partial charge in [-0.2, -0.15) is 5.26 Å². The number of likely N-dealkylation sites (tertiary alicyclic amines) is 1. The monoisotopic (exact) mass is 339 g/mol. The van der Waals surface area contributed by atoms with E-state index < -0.39 is 5.60 Å². The van der Waals surface area contributed by atoms with Crippen LogP contribution in [0.25, 0.3) is 5.70 Å². The van der Waals surface area contributed by atoms with Gasteiger partial charge in [0.25, 0.3) is 0 Å². The molecule has 0 atom stereocenters. The minimum Gasteiger partial charge on any atom is -0.481 e. The summed E-state index contributed by atoms with van der Waals surface area (Å²) in [5, 5.41) is 9.39. The van der Waals surface area contributed by atoms with E-state index >= 15 is 0 Å². The fraction of sp³-hybridized carbons (Fsp3) is 0.421. The van der Waals surface area contributed by atoms with Crippen molar-refractivity contribution in [2.75, 3.05) is 13.6 Å². The van der Waals surface area contributed by atoms with Gasteiger partial charge in [0.2, 0.25) is 12.3 Å². The molecular formula is C19H21N3O3. The number of nitriles is 1. The van der Waals surface area contributed by atoms with E-state index in [2.05, 4.69) is 6.07 Å². The van der Waals surface area contributed by atoms with E-state index in [-0.39, 0.29) is 5.91 Å². The quantitative estimate of drug-likeness (QED) is 0.793. The molecule has 1 aromatic rings. The van der Waals surface area contributed by atoms with Gasteiger partial charge < -0.3 is 14.5 Å². The van der Waals surface area contributed by atoms with E-state index in [4.69, 9.17) is 4.74 Å². The molecule has 0 unspecified atom stereocenters. The topological polar surface area (TPSA) is 73.6 Å². The van der Waals surface area contributed by atoms with Crippen LogP contribution in [-0.4, -0.2) is 41.3 Å². The summed E-state index contributed by atoms with van der Waals surface area (Å²) in [7, 11) is 1.66. The first-order valence-electron chi connectivity index (χ1n) is 8.28. The highest BCUT2D eigenvalue weighted by atomic mass is 16.5. The standard InChI is InChI=1S/C19H21N3O3/c1-12-13(10-20)7-8-14-16(12)17(22-9-5-6-15(22)24)18(21(4)11-23)19(2,3)25-14/h7-8,11H,5-6,9H2,1-4H3. The van der Waals surface area contributed by atoms with Crippen molar-refractivity contribution < 1.29 is 14.3 Å². The smallest absolute Gasteiger partial charge is 0.227 e. The van der Waals surface area contributed by atoms with Crippen LogP contribution in [0.3, 0.4) is 0 Å². The predicted octanol–water partition coefficient (Wildman–Crippen LogP) is 2.42. The number of carbonyl (C=O) groups is 2. The first-order chi connectivity index (χ1) is 11.8. The number of amides is 2. The zero-order chi connectivity index (χ0) is 18.4. The maximum Gasteiger partial charge on any atom is 0.227 e. The largest absolute Gasteiger partial charge is 0.481 e. The normalized spacial score (nSPS) is 18.5. The van der Waals surface area contributed by atoms with Crippen LogP contribution in [0.5, 0.6) is 5.75 Å². The maximum absolute atomic E-state index is 12.5. The van der Waals surface area contributed by atoms with E-state index in [1.165, 1.54) is 4.90 Å². The third kappa shape index (κ3) is 2.56. The fourth-order valence-electron chi connectivity index (χ4n) is 3.71. The molecule has 1 fully saturated rings. The van der Waals surface area contributed by atoms with Gasteiger partial charge in [0.15, 0.2) is 0 Å². The Labute approximate surface area is 147 Å². The summed E-state index contributed by atoms with van der Waals surface area (Å²) < 4.78 is 6.15. The number of benzene rings is 1. The molecule has 130 valence electrons. The second-order valence-electron chi connectivity index (χ2n) is 6.90. The summed E-state index contributed by atoms with van der Waals surface area (Å²) in [4.78, 5) is 27.2. The molecule has 2 aliphatic heterocycles. The van der Waals surface area contributed by atoms with Crippen molar-refractivity contribution in [3.8, 4) is 11.8 Å². The summed E-state index contributed by atoms with van der Waals surface area (Å²) in [6.45, 7) is 6.19. The number of hydrogen-bond acceptors (Lipinski definition) is 4. The molecule has 3 rings (SSSR count). The molecule has 0 aromatic heterocycles. The SMILES string of the molecule is Cc1c(C#N)ccc2c1C(N1CCCC1=O)=C(N(C)C=O)C(C)(C)O2. The van der Waals surface area contributed by atoms with Crippen LogP contribution in [0.15, 0.2) is 17.8 Å². The molecule has 6 nitrogen and oxygen atoms in total. The minimum absolute atomic E-state index is 0.0252. The summed E-state index contributed by atoms with van der Waals surface area (Å²) >= 11 is 0. The zero-order valence-corrected chi connectivity index (χ0v) is 14.9.